The van der Waals surface area contributed by atoms with Gasteiger partial charge in [0, 0.05) is 56.0 Å². The normalized spacial score (nSPS) is 14.4. The van der Waals surface area contributed by atoms with Crippen molar-refractivity contribution in [3.05, 3.63) is 86.7 Å². The number of hydrogen-bond donors (Lipinski definition) is 1. The van der Waals surface area contributed by atoms with Gasteiger partial charge in [-0.05, 0) is 65.7 Å². The van der Waals surface area contributed by atoms with Crippen LogP contribution in [0.1, 0.15) is 18.2 Å². The van der Waals surface area contributed by atoms with E-state index in [0.29, 0.717) is 22.6 Å². The first kappa shape index (κ1) is 23.5. The quantitative estimate of drug-likeness (QED) is 0.379. The lowest BCUT2D eigenvalue weighted by atomic mass is 10.2. The largest absolute Gasteiger partial charge is 0.369 e. The van der Waals surface area contributed by atoms with Gasteiger partial charge < -0.3 is 10.2 Å². The Bertz CT molecular complexity index is 1380. The highest BCUT2D eigenvalue weighted by atomic mass is 79.9. The van der Waals surface area contributed by atoms with E-state index in [4.69, 9.17) is 0 Å². The second-order valence-electron chi connectivity index (χ2n) is 8.83. The number of rotatable bonds is 6. The van der Waals surface area contributed by atoms with Crippen molar-refractivity contribution in [3.63, 3.8) is 0 Å². The molecule has 2 aromatic carbocycles. The second-order valence-corrected chi connectivity index (χ2v) is 9.69. The Kier molecular flexibility index (Phi) is 6.83. The van der Waals surface area contributed by atoms with Crippen molar-refractivity contribution in [1.82, 2.24) is 19.4 Å². The first-order valence-corrected chi connectivity index (χ1v) is 12.8. The average molecular weight is 533 g/mol. The Labute approximate surface area is 213 Å². The molecular formula is C27H29BrN6O. The summed E-state index contributed by atoms with van der Waals surface area (Å²) < 4.78 is 2.19. The van der Waals surface area contributed by atoms with Crippen LogP contribution in [0.15, 0.2) is 69.9 Å². The van der Waals surface area contributed by atoms with Gasteiger partial charge in [-0.2, -0.15) is 4.98 Å². The maximum absolute atomic E-state index is 12.5. The highest BCUT2D eigenvalue weighted by molar-refractivity contribution is 9.10. The molecule has 1 N–H and O–H groups in total. The van der Waals surface area contributed by atoms with Crippen LogP contribution in [0.3, 0.4) is 0 Å². The molecule has 0 unspecified atom stereocenters. The topological polar surface area (TPSA) is 66.3 Å². The minimum atomic E-state index is -0.0859. The molecule has 3 heterocycles. The highest BCUT2D eigenvalue weighted by Crippen LogP contribution is 2.24. The Morgan fingerprint density at radius 1 is 0.971 bits per heavy atom. The summed E-state index contributed by atoms with van der Waals surface area (Å²) in [4.78, 5) is 26.7. The van der Waals surface area contributed by atoms with Gasteiger partial charge in [0.15, 0.2) is 0 Å². The molecule has 1 fully saturated rings. The van der Waals surface area contributed by atoms with Crippen molar-refractivity contribution >= 4 is 44.3 Å². The van der Waals surface area contributed by atoms with Gasteiger partial charge in [-0.15, -0.1) is 0 Å². The molecule has 1 aliphatic rings. The number of aryl methyl sites for hydroxylation is 2. The molecule has 7 nitrogen and oxygen atoms in total. The molecule has 0 spiro atoms. The summed E-state index contributed by atoms with van der Waals surface area (Å²) in [7, 11) is 0. The predicted molar refractivity (Wildman–Crippen MR) is 146 cm³/mol. The lowest BCUT2D eigenvalue weighted by Gasteiger charge is -2.36. The van der Waals surface area contributed by atoms with Gasteiger partial charge >= 0.3 is 0 Å². The third-order valence-electron chi connectivity index (χ3n) is 6.52. The summed E-state index contributed by atoms with van der Waals surface area (Å²) >= 11 is 3.36. The first-order valence-electron chi connectivity index (χ1n) is 12.0. The zero-order chi connectivity index (χ0) is 24.4. The number of halogens is 1. The third-order valence-corrected chi connectivity index (χ3v) is 7.09. The molecule has 0 atom stereocenters. The maximum Gasteiger partial charge on any atom is 0.266 e. The van der Waals surface area contributed by atoms with E-state index in [2.05, 4.69) is 95.6 Å². The van der Waals surface area contributed by atoms with Crippen LogP contribution in [0.2, 0.25) is 0 Å². The molecule has 180 valence electrons. The van der Waals surface area contributed by atoms with Crippen molar-refractivity contribution in [2.45, 2.75) is 26.9 Å². The van der Waals surface area contributed by atoms with Crippen molar-refractivity contribution < 1.29 is 0 Å². The van der Waals surface area contributed by atoms with E-state index in [1.807, 2.05) is 13.8 Å². The van der Waals surface area contributed by atoms with Crippen molar-refractivity contribution in [1.29, 1.82) is 0 Å². The number of hydrogen-bond acceptors (Lipinski definition) is 6. The molecule has 1 saturated heterocycles. The van der Waals surface area contributed by atoms with Crippen LogP contribution in [0, 0.1) is 6.92 Å². The van der Waals surface area contributed by atoms with Crippen LogP contribution >= 0.6 is 15.9 Å². The highest BCUT2D eigenvalue weighted by Gasteiger charge is 2.17. The van der Waals surface area contributed by atoms with E-state index in [-0.39, 0.29) is 5.56 Å². The van der Waals surface area contributed by atoms with E-state index in [0.717, 1.165) is 49.5 Å². The fourth-order valence-corrected chi connectivity index (χ4v) is 5.04. The van der Waals surface area contributed by atoms with Crippen LogP contribution in [0.25, 0.3) is 11.0 Å². The average Bonchev–Trinajstić information content (AvgIpc) is 2.87. The Hall–Kier alpha value is -3.23. The number of piperazine rings is 1. The summed E-state index contributed by atoms with van der Waals surface area (Å²) in [6.45, 7) is 9.55. The Morgan fingerprint density at radius 2 is 1.69 bits per heavy atom. The summed E-state index contributed by atoms with van der Waals surface area (Å²) in [5.41, 5.74) is 4.88. The van der Waals surface area contributed by atoms with Gasteiger partial charge in [-0.25, -0.2) is 4.98 Å². The fraction of sp³-hybridized carbons (Fsp3) is 0.296. The molecule has 2 aromatic heterocycles. The van der Waals surface area contributed by atoms with Crippen LogP contribution in [0.5, 0.6) is 0 Å². The van der Waals surface area contributed by atoms with E-state index in [9.17, 15) is 4.79 Å². The number of nitrogens with one attached hydrogen (secondary N) is 1. The smallest absolute Gasteiger partial charge is 0.266 e. The number of benzene rings is 2. The first-order chi connectivity index (χ1) is 17.0. The third kappa shape index (κ3) is 5.09. The second kappa shape index (κ2) is 10.2. The van der Waals surface area contributed by atoms with E-state index in [1.54, 1.807) is 10.6 Å². The lowest BCUT2D eigenvalue weighted by Crippen LogP contribution is -2.45. The van der Waals surface area contributed by atoms with Crippen LogP contribution < -0.4 is 15.8 Å². The van der Waals surface area contributed by atoms with Gasteiger partial charge in [-0.1, -0.05) is 30.3 Å². The fourth-order valence-electron chi connectivity index (χ4n) is 4.59. The van der Waals surface area contributed by atoms with E-state index in [1.165, 1.54) is 11.3 Å². The van der Waals surface area contributed by atoms with Gasteiger partial charge in [0.1, 0.15) is 5.65 Å². The van der Waals surface area contributed by atoms with E-state index < -0.39 is 0 Å². The molecular weight excluding hydrogens is 504 g/mol. The van der Waals surface area contributed by atoms with Crippen LogP contribution in [0.4, 0.5) is 17.3 Å². The molecule has 4 aromatic rings. The molecule has 0 saturated carbocycles. The standard InChI is InChI=1S/C27H29BrN6O/c1-3-34-25-23(17-24(28)26(34)35)19(2)29-27(31-25)30-21-9-11-22(12-10-21)33-15-13-32(14-16-33)18-20-7-5-4-6-8-20/h4-12,17H,3,13-16,18H2,1-2H3,(H,29,30,31). The van der Waals surface area contributed by atoms with Crippen molar-refractivity contribution in [2.24, 2.45) is 0 Å². The monoisotopic (exact) mass is 532 g/mol. The summed E-state index contributed by atoms with van der Waals surface area (Å²) in [5.74, 6) is 0.487. The number of fused-ring (bicyclic) bond motifs is 1. The summed E-state index contributed by atoms with van der Waals surface area (Å²) in [6, 6.07) is 20.9. The van der Waals surface area contributed by atoms with Gasteiger partial charge in [0.05, 0.1) is 10.2 Å². The molecule has 1 aliphatic heterocycles. The number of pyridine rings is 1. The molecule has 8 heteroatoms. The van der Waals surface area contributed by atoms with Crippen molar-refractivity contribution in [3.8, 4) is 0 Å². The van der Waals surface area contributed by atoms with Gasteiger partial charge in [-0.3, -0.25) is 14.3 Å². The molecule has 0 radical (unpaired) electrons. The predicted octanol–water partition coefficient (Wildman–Crippen LogP) is 4.95. The summed E-state index contributed by atoms with van der Waals surface area (Å²) in [5, 5.41) is 4.18. The molecule has 0 aliphatic carbocycles. The zero-order valence-electron chi connectivity index (χ0n) is 20.0. The maximum atomic E-state index is 12.5. The van der Waals surface area contributed by atoms with Crippen LogP contribution in [-0.2, 0) is 13.1 Å². The molecule has 0 bridgehead atoms. The van der Waals surface area contributed by atoms with E-state index >= 15 is 0 Å². The summed E-state index contributed by atoms with van der Waals surface area (Å²) in [6.07, 6.45) is 0. The minimum absolute atomic E-state index is 0.0859. The number of aromatic nitrogens is 3. The van der Waals surface area contributed by atoms with Crippen molar-refractivity contribution in [2.75, 3.05) is 36.4 Å². The number of nitrogens with zero attached hydrogens (tertiary/aromatic N) is 5. The Balaban J connectivity index is 1.27. The SMILES string of the molecule is CCn1c(=O)c(Br)cc2c(C)nc(Nc3ccc(N4CCN(Cc5ccccc5)CC4)cc3)nc21. The van der Waals surface area contributed by atoms with Gasteiger partial charge in [0.2, 0.25) is 5.95 Å². The van der Waals surface area contributed by atoms with Crippen LogP contribution in [-0.4, -0.2) is 45.6 Å². The Morgan fingerprint density at radius 3 is 2.37 bits per heavy atom. The lowest BCUT2D eigenvalue weighted by molar-refractivity contribution is 0.250. The minimum Gasteiger partial charge on any atom is -0.369 e. The zero-order valence-corrected chi connectivity index (χ0v) is 21.6. The molecule has 0 amide bonds. The van der Waals surface area contributed by atoms with Gasteiger partial charge in [0.25, 0.3) is 5.56 Å². The molecule has 5 rings (SSSR count). The number of anilines is 3. The molecule has 35 heavy (non-hydrogen) atoms.